The van der Waals surface area contributed by atoms with Crippen LogP contribution in [-0.2, 0) is 0 Å². The van der Waals surface area contributed by atoms with Gasteiger partial charge >= 0.3 is 0 Å². The Labute approximate surface area is 74.4 Å². The van der Waals surface area contributed by atoms with Crippen molar-refractivity contribution in [3.63, 3.8) is 0 Å². The summed E-state index contributed by atoms with van der Waals surface area (Å²) >= 11 is 0. The van der Waals surface area contributed by atoms with Gasteiger partial charge in [-0.1, -0.05) is 12.2 Å². The first-order valence-corrected chi connectivity index (χ1v) is 5.01. The van der Waals surface area contributed by atoms with Crippen LogP contribution in [0.2, 0.25) is 0 Å². The molecule has 0 aliphatic carbocycles. The van der Waals surface area contributed by atoms with Crippen molar-refractivity contribution < 1.29 is 0 Å². The molecule has 2 rings (SSSR count). The number of piperidine rings is 1. The summed E-state index contributed by atoms with van der Waals surface area (Å²) in [5, 5.41) is 6.93. The summed E-state index contributed by atoms with van der Waals surface area (Å²) < 4.78 is 0. The van der Waals surface area contributed by atoms with Gasteiger partial charge in [0, 0.05) is 12.0 Å². The molecule has 0 aromatic carbocycles. The first kappa shape index (κ1) is 8.27. The molecule has 2 N–H and O–H groups in total. The molecule has 0 aromatic heterocycles. The van der Waals surface area contributed by atoms with Crippen molar-refractivity contribution in [3.8, 4) is 0 Å². The third-order valence-electron chi connectivity index (χ3n) is 3.04. The van der Waals surface area contributed by atoms with Crippen LogP contribution in [0.4, 0.5) is 0 Å². The Balaban J connectivity index is 2.04. The summed E-state index contributed by atoms with van der Waals surface area (Å²) in [5.41, 5.74) is 0.488. The molecule has 1 fully saturated rings. The van der Waals surface area contributed by atoms with Gasteiger partial charge in [-0.05, 0) is 38.9 Å². The molecule has 2 aliphatic rings. The molecule has 0 amide bonds. The SMILES string of the molecule is C1=CC2(CCNCC2)CNCC1. The van der Waals surface area contributed by atoms with Gasteiger partial charge in [0.25, 0.3) is 0 Å². The highest BCUT2D eigenvalue weighted by molar-refractivity contribution is 5.05. The molecule has 68 valence electrons. The van der Waals surface area contributed by atoms with Crippen molar-refractivity contribution in [3.05, 3.63) is 12.2 Å². The van der Waals surface area contributed by atoms with Gasteiger partial charge in [0.1, 0.15) is 0 Å². The Morgan fingerprint density at radius 1 is 1.00 bits per heavy atom. The van der Waals surface area contributed by atoms with E-state index in [0.29, 0.717) is 5.41 Å². The second-order valence-electron chi connectivity index (χ2n) is 3.98. The van der Waals surface area contributed by atoms with Crippen LogP contribution < -0.4 is 10.6 Å². The largest absolute Gasteiger partial charge is 0.317 e. The van der Waals surface area contributed by atoms with Crippen molar-refractivity contribution in [1.82, 2.24) is 10.6 Å². The number of hydrogen-bond donors (Lipinski definition) is 2. The molecule has 1 spiro atoms. The Morgan fingerprint density at radius 3 is 2.67 bits per heavy atom. The molecule has 2 heterocycles. The van der Waals surface area contributed by atoms with E-state index in [4.69, 9.17) is 0 Å². The van der Waals surface area contributed by atoms with Gasteiger partial charge in [0.15, 0.2) is 0 Å². The highest BCUT2D eigenvalue weighted by Crippen LogP contribution is 2.30. The van der Waals surface area contributed by atoms with Crippen molar-refractivity contribution >= 4 is 0 Å². The molecular weight excluding hydrogens is 148 g/mol. The van der Waals surface area contributed by atoms with Gasteiger partial charge in [0.2, 0.25) is 0 Å². The van der Waals surface area contributed by atoms with Crippen molar-refractivity contribution in [2.24, 2.45) is 5.41 Å². The van der Waals surface area contributed by atoms with Crippen LogP contribution in [-0.4, -0.2) is 26.2 Å². The lowest BCUT2D eigenvalue weighted by Gasteiger charge is -2.34. The second-order valence-corrected chi connectivity index (χ2v) is 3.98. The molecular formula is C10H18N2. The maximum atomic E-state index is 3.52. The monoisotopic (exact) mass is 166 g/mol. The van der Waals surface area contributed by atoms with E-state index in [1.165, 1.54) is 38.9 Å². The summed E-state index contributed by atoms with van der Waals surface area (Å²) in [6.07, 6.45) is 8.61. The summed E-state index contributed by atoms with van der Waals surface area (Å²) in [6.45, 7) is 4.72. The van der Waals surface area contributed by atoms with Crippen LogP contribution in [0, 0.1) is 5.41 Å². The second kappa shape index (κ2) is 3.58. The Morgan fingerprint density at radius 2 is 1.83 bits per heavy atom. The fourth-order valence-corrected chi connectivity index (χ4v) is 2.18. The van der Waals surface area contributed by atoms with E-state index in [2.05, 4.69) is 22.8 Å². The third kappa shape index (κ3) is 1.70. The van der Waals surface area contributed by atoms with Crippen LogP contribution in [0.15, 0.2) is 12.2 Å². The lowest BCUT2D eigenvalue weighted by Crippen LogP contribution is -2.41. The summed E-state index contributed by atoms with van der Waals surface area (Å²) in [4.78, 5) is 0. The zero-order valence-electron chi connectivity index (χ0n) is 7.60. The Hall–Kier alpha value is -0.340. The first-order valence-electron chi connectivity index (χ1n) is 5.01. The quantitative estimate of drug-likeness (QED) is 0.523. The first-order chi connectivity index (χ1) is 5.91. The molecule has 0 atom stereocenters. The summed E-state index contributed by atoms with van der Waals surface area (Å²) in [5.74, 6) is 0. The molecule has 2 aliphatic heterocycles. The smallest absolute Gasteiger partial charge is 0.00436 e. The van der Waals surface area contributed by atoms with Gasteiger partial charge < -0.3 is 10.6 Å². The van der Waals surface area contributed by atoms with E-state index in [0.717, 1.165) is 6.54 Å². The summed E-state index contributed by atoms with van der Waals surface area (Å²) in [7, 11) is 0. The van der Waals surface area contributed by atoms with Crippen LogP contribution in [0.25, 0.3) is 0 Å². The highest BCUT2D eigenvalue weighted by atomic mass is 14.9. The molecule has 12 heavy (non-hydrogen) atoms. The Kier molecular flexibility index (Phi) is 2.47. The number of hydrogen-bond acceptors (Lipinski definition) is 2. The van der Waals surface area contributed by atoms with Crippen LogP contribution in [0.1, 0.15) is 19.3 Å². The molecule has 0 saturated carbocycles. The summed E-state index contributed by atoms with van der Waals surface area (Å²) in [6, 6.07) is 0. The van der Waals surface area contributed by atoms with Gasteiger partial charge in [-0.3, -0.25) is 0 Å². The van der Waals surface area contributed by atoms with Gasteiger partial charge in [-0.25, -0.2) is 0 Å². The normalized spacial score (nSPS) is 28.7. The molecule has 0 bridgehead atoms. The molecule has 0 aromatic rings. The van der Waals surface area contributed by atoms with Crippen molar-refractivity contribution in [2.45, 2.75) is 19.3 Å². The predicted molar refractivity (Wildman–Crippen MR) is 51.2 cm³/mol. The van der Waals surface area contributed by atoms with Gasteiger partial charge in [0.05, 0.1) is 0 Å². The standard InChI is InChI=1S/C10H18N2/c1-2-6-12-9-10(3-1)4-7-11-8-5-10/h1,3,11-12H,2,4-9H2. The maximum Gasteiger partial charge on any atom is 0.00436 e. The van der Waals surface area contributed by atoms with E-state index in [-0.39, 0.29) is 0 Å². The fraction of sp³-hybridized carbons (Fsp3) is 0.800. The van der Waals surface area contributed by atoms with E-state index in [1.807, 2.05) is 0 Å². The third-order valence-corrected chi connectivity index (χ3v) is 3.04. The van der Waals surface area contributed by atoms with Crippen molar-refractivity contribution in [2.75, 3.05) is 26.2 Å². The molecule has 1 saturated heterocycles. The van der Waals surface area contributed by atoms with Gasteiger partial charge in [-0.15, -0.1) is 0 Å². The topological polar surface area (TPSA) is 24.1 Å². The van der Waals surface area contributed by atoms with Crippen LogP contribution in [0.5, 0.6) is 0 Å². The minimum atomic E-state index is 0.488. The Bertz CT molecular complexity index is 169. The molecule has 2 nitrogen and oxygen atoms in total. The minimum Gasteiger partial charge on any atom is -0.317 e. The van der Waals surface area contributed by atoms with Crippen LogP contribution >= 0.6 is 0 Å². The zero-order valence-corrected chi connectivity index (χ0v) is 7.60. The maximum absolute atomic E-state index is 3.52. The lowest BCUT2D eigenvalue weighted by atomic mass is 9.79. The van der Waals surface area contributed by atoms with Crippen LogP contribution in [0.3, 0.4) is 0 Å². The predicted octanol–water partition coefficient (Wildman–Crippen LogP) is 0.906. The number of rotatable bonds is 0. The van der Waals surface area contributed by atoms with Gasteiger partial charge in [-0.2, -0.15) is 0 Å². The van der Waals surface area contributed by atoms with E-state index < -0.39 is 0 Å². The molecule has 0 radical (unpaired) electrons. The average molecular weight is 166 g/mol. The highest BCUT2D eigenvalue weighted by Gasteiger charge is 2.29. The van der Waals surface area contributed by atoms with E-state index >= 15 is 0 Å². The molecule has 2 heteroatoms. The molecule has 0 unspecified atom stereocenters. The fourth-order valence-electron chi connectivity index (χ4n) is 2.18. The van der Waals surface area contributed by atoms with E-state index in [9.17, 15) is 0 Å². The van der Waals surface area contributed by atoms with E-state index in [1.54, 1.807) is 0 Å². The minimum absolute atomic E-state index is 0.488. The lowest BCUT2D eigenvalue weighted by molar-refractivity contribution is 0.265. The number of nitrogens with one attached hydrogen (secondary N) is 2. The average Bonchev–Trinajstić information content (AvgIpc) is 2.33. The zero-order chi connectivity index (χ0) is 8.28. The van der Waals surface area contributed by atoms with Crippen molar-refractivity contribution in [1.29, 1.82) is 0 Å².